The highest BCUT2D eigenvalue weighted by Crippen LogP contribution is 2.34. The van der Waals surface area contributed by atoms with E-state index in [0.29, 0.717) is 0 Å². The van der Waals surface area contributed by atoms with Crippen molar-refractivity contribution in [2.24, 2.45) is 5.73 Å². The molecule has 0 spiro atoms. The van der Waals surface area contributed by atoms with Gasteiger partial charge in [0.2, 0.25) is 5.91 Å². The van der Waals surface area contributed by atoms with Crippen molar-refractivity contribution in [3.05, 3.63) is 66.0 Å². The molecule has 1 aromatic carbocycles. The first-order valence-corrected chi connectivity index (χ1v) is 5.87. The van der Waals surface area contributed by atoms with Gasteiger partial charge in [-0.1, -0.05) is 37.3 Å². The Morgan fingerprint density at radius 2 is 1.67 bits per heavy atom. The van der Waals surface area contributed by atoms with Crippen molar-refractivity contribution in [2.45, 2.75) is 18.8 Å². The number of rotatable bonds is 4. The fourth-order valence-electron chi connectivity index (χ4n) is 2.25. The van der Waals surface area contributed by atoms with E-state index in [1.54, 1.807) is 12.4 Å². The Morgan fingerprint density at radius 1 is 1.11 bits per heavy atom. The molecule has 0 bridgehead atoms. The lowest BCUT2D eigenvalue weighted by atomic mass is 9.74. The van der Waals surface area contributed by atoms with Crippen LogP contribution in [0.5, 0.6) is 0 Å². The first-order chi connectivity index (χ1) is 8.63. The summed E-state index contributed by atoms with van der Waals surface area (Å²) in [6.07, 6.45) is 3.75. The minimum absolute atomic E-state index is 0.279. The van der Waals surface area contributed by atoms with Gasteiger partial charge in [0.25, 0.3) is 0 Å². The Kier molecular flexibility index (Phi) is 3.42. The van der Waals surface area contributed by atoms with Crippen LogP contribution >= 0.6 is 0 Å². The molecule has 0 aliphatic heterocycles. The van der Waals surface area contributed by atoms with Gasteiger partial charge in [0.15, 0.2) is 0 Å². The zero-order valence-electron chi connectivity index (χ0n) is 10.3. The standard InChI is InChI=1S/C15H16N2O/c1-15(11-14(16)18,12-5-3-2-4-6-12)13-7-9-17-10-8-13/h2-10H,11H2,1H3,(H2,16,18). The third-order valence-electron chi connectivity index (χ3n) is 3.26. The van der Waals surface area contributed by atoms with Gasteiger partial charge < -0.3 is 5.73 Å². The normalized spacial score (nSPS) is 13.8. The molecule has 1 amide bonds. The van der Waals surface area contributed by atoms with E-state index in [2.05, 4.69) is 4.98 Å². The molecule has 18 heavy (non-hydrogen) atoms. The number of carbonyl (C=O) groups is 1. The van der Waals surface area contributed by atoms with Crippen LogP contribution in [0.25, 0.3) is 0 Å². The summed E-state index contributed by atoms with van der Waals surface area (Å²) in [6, 6.07) is 13.8. The molecule has 3 nitrogen and oxygen atoms in total. The number of benzene rings is 1. The van der Waals surface area contributed by atoms with E-state index in [1.807, 2.05) is 49.4 Å². The lowest BCUT2D eigenvalue weighted by Gasteiger charge is -2.29. The summed E-state index contributed by atoms with van der Waals surface area (Å²) in [7, 11) is 0. The molecule has 1 aromatic heterocycles. The Morgan fingerprint density at radius 3 is 2.22 bits per heavy atom. The average Bonchev–Trinajstić information content (AvgIpc) is 2.40. The van der Waals surface area contributed by atoms with Crippen LogP contribution in [0.1, 0.15) is 24.5 Å². The van der Waals surface area contributed by atoms with Gasteiger partial charge in [-0.05, 0) is 23.3 Å². The van der Waals surface area contributed by atoms with Crippen molar-refractivity contribution in [3.8, 4) is 0 Å². The maximum atomic E-state index is 11.4. The fourth-order valence-corrected chi connectivity index (χ4v) is 2.25. The Bertz CT molecular complexity index is 483. The second kappa shape index (κ2) is 5.00. The smallest absolute Gasteiger partial charge is 0.218 e. The molecule has 1 heterocycles. The maximum Gasteiger partial charge on any atom is 0.218 e. The molecule has 2 rings (SSSR count). The van der Waals surface area contributed by atoms with Gasteiger partial charge in [0.1, 0.15) is 0 Å². The van der Waals surface area contributed by atoms with E-state index < -0.39 is 5.41 Å². The molecule has 1 unspecified atom stereocenters. The second-order valence-electron chi connectivity index (χ2n) is 4.58. The summed E-state index contributed by atoms with van der Waals surface area (Å²) < 4.78 is 0. The zero-order valence-corrected chi connectivity index (χ0v) is 10.3. The molecule has 2 aromatic rings. The topological polar surface area (TPSA) is 56.0 Å². The summed E-state index contributed by atoms with van der Waals surface area (Å²) >= 11 is 0. The number of hydrogen-bond acceptors (Lipinski definition) is 2. The van der Waals surface area contributed by atoms with Crippen LogP contribution in [0.15, 0.2) is 54.9 Å². The minimum atomic E-state index is -0.407. The van der Waals surface area contributed by atoms with E-state index >= 15 is 0 Å². The van der Waals surface area contributed by atoms with Crippen molar-refractivity contribution >= 4 is 5.91 Å². The Labute approximate surface area is 107 Å². The molecule has 0 radical (unpaired) electrons. The highest BCUT2D eigenvalue weighted by atomic mass is 16.1. The fraction of sp³-hybridized carbons (Fsp3) is 0.200. The number of primary amides is 1. The van der Waals surface area contributed by atoms with E-state index in [-0.39, 0.29) is 12.3 Å². The molecule has 0 fully saturated rings. The van der Waals surface area contributed by atoms with Crippen LogP contribution in [-0.4, -0.2) is 10.9 Å². The van der Waals surface area contributed by atoms with Gasteiger partial charge in [0.05, 0.1) is 0 Å². The third-order valence-corrected chi connectivity index (χ3v) is 3.26. The molecule has 0 aliphatic carbocycles. The summed E-state index contributed by atoms with van der Waals surface area (Å²) in [5.74, 6) is -0.307. The number of amides is 1. The van der Waals surface area contributed by atoms with Gasteiger partial charge in [-0.3, -0.25) is 9.78 Å². The molecular formula is C15H16N2O. The van der Waals surface area contributed by atoms with Crippen molar-refractivity contribution in [3.63, 3.8) is 0 Å². The minimum Gasteiger partial charge on any atom is -0.370 e. The number of hydrogen-bond donors (Lipinski definition) is 1. The van der Waals surface area contributed by atoms with E-state index in [4.69, 9.17) is 5.73 Å². The third kappa shape index (κ3) is 2.40. The van der Waals surface area contributed by atoms with Crippen molar-refractivity contribution in [2.75, 3.05) is 0 Å². The van der Waals surface area contributed by atoms with Crippen LogP contribution in [-0.2, 0) is 10.2 Å². The van der Waals surface area contributed by atoms with Crippen LogP contribution in [0, 0.1) is 0 Å². The summed E-state index contributed by atoms with van der Waals surface area (Å²) in [4.78, 5) is 15.4. The summed E-state index contributed by atoms with van der Waals surface area (Å²) in [5.41, 5.74) is 7.11. The lowest BCUT2D eigenvalue weighted by molar-refractivity contribution is -0.118. The molecule has 3 heteroatoms. The number of nitrogens with two attached hydrogens (primary N) is 1. The summed E-state index contributed by atoms with van der Waals surface area (Å²) in [6.45, 7) is 2.03. The quantitative estimate of drug-likeness (QED) is 0.891. The predicted octanol–water partition coefficient (Wildman–Crippen LogP) is 2.26. The average molecular weight is 240 g/mol. The maximum absolute atomic E-state index is 11.4. The largest absolute Gasteiger partial charge is 0.370 e. The molecule has 92 valence electrons. The monoisotopic (exact) mass is 240 g/mol. The highest BCUT2D eigenvalue weighted by molar-refractivity contribution is 5.76. The van der Waals surface area contributed by atoms with E-state index in [9.17, 15) is 4.79 Å². The lowest BCUT2D eigenvalue weighted by Crippen LogP contribution is -2.30. The number of aromatic nitrogens is 1. The zero-order chi connectivity index (χ0) is 13.0. The molecule has 2 N–H and O–H groups in total. The highest BCUT2D eigenvalue weighted by Gasteiger charge is 2.30. The second-order valence-corrected chi connectivity index (χ2v) is 4.58. The van der Waals surface area contributed by atoms with Gasteiger partial charge in [0, 0.05) is 24.2 Å². The number of pyridine rings is 1. The Hall–Kier alpha value is -2.16. The van der Waals surface area contributed by atoms with Crippen LogP contribution in [0.4, 0.5) is 0 Å². The van der Waals surface area contributed by atoms with Crippen molar-refractivity contribution in [1.82, 2.24) is 4.98 Å². The van der Waals surface area contributed by atoms with Crippen molar-refractivity contribution < 1.29 is 4.79 Å². The SMILES string of the molecule is CC(CC(N)=O)(c1ccccc1)c1ccncc1. The molecule has 1 atom stereocenters. The molecular weight excluding hydrogens is 224 g/mol. The first kappa shape index (κ1) is 12.3. The summed E-state index contributed by atoms with van der Waals surface area (Å²) in [5, 5.41) is 0. The Balaban J connectivity index is 2.51. The van der Waals surface area contributed by atoms with E-state index in [1.165, 1.54) is 0 Å². The van der Waals surface area contributed by atoms with Gasteiger partial charge in [-0.15, -0.1) is 0 Å². The number of carbonyl (C=O) groups excluding carboxylic acids is 1. The predicted molar refractivity (Wildman–Crippen MR) is 70.9 cm³/mol. The van der Waals surface area contributed by atoms with Crippen molar-refractivity contribution in [1.29, 1.82) is 0 Å². The van der Waals surface area contributed by atoms with Gasteiger partial charge in [-0.25, -0.2) is 0 Å². The van der Waals surface area contributed by atoms with Crippen LogP contribution < -0.4 is 5.73 Å². The van der Waals surface area contributed by atoms with Crippen LogP contribution in [0.3, 0.4) is 0 Å². The first-order valence-electron chi connectivity index (χ1n) is 5.87. The number of nitrogens with zero attached hydrogens (tertiary/aromatic N) is 1. The molecule has 0 aliphatic rings. The van der Waals surface area contributed by atoms with E-state index in [0.717, 1.165) is 11.1 Å². The molecule has 0 saturated heterocycles. The van der Waals surface area contributed by atoms with Crippen LogP contribution in [0.2, 0.25) is 0 Å². The van der Waals surface area contributed by atoms with Gasteiger partial charge >= 0.3 is 0 Å². The van der Waals surface area contributed by atoms with Gasteiger partial charge in [-0.2, -0.15) is 0 Å². The molecule has 0 saturated carbocycles.